The van der Waals surface area contributed by atoms with Gasteiger partial charge in [0, 0.05) is 16.2 Å². The van der Waals surface area contributed by atoms with Gasteiger partial charge in [0.25, 0.3) is 0 Å². The summed E-state index contributed by atoms with van der Waals surface area (Å²) in [6.07, 6.45) is 1.79. The molecule has 0 radical (unpaired) electrons. The number of hydrogen-bond donors (Lipinski definition) is 0. The largest absolute Gasteiger partial charge is 0.255 e. The van der Waals surface area contributed by atoms with Crippen LogP contribution in [-0.4, -0.2) is 4.98 Å². The SMILES string of the molecule is C=C(c1ccc(F)cc1)c1ncc(C)cc1Br. The van der Waals surface area contributed by atoms with Gasteiger partial charge in [-0.2, -0.15) is 0 Å². The van der Waals surface area contributed by atoms with E-state index in [0.717, 1.165) is 26.9 Å². The van der Waals surface area contributed by atoms with E-state index in [2.05, 4.69) is 27.5 Å². The Balaban J connectivity index is 2.40. The molecule has 1 heterocycles. The lowest BCUT2D eigenvalue weighted by Gasteiger charge is -2.08. The lowest BCUT2D eigenvalue weighted by molar-refractivity contribution is 0.627. The first-order chi connectivity index (χ1) is 8.08. The maximum Gasteiger partial charge on any atom is 0.123 e. The fourth-order valence-corrected chi connectivity index (χ4v) is 2.25. The Morgan fingerprint density at radius 1 is 1.29 bits per heavy atom. The molecule has 0 saturated heterocycles. The van der Waals surface area contributed by atoms with E-state index in [1.165, 1.54) is 12.1 Å². The lowest BCUT2D eigenvalue weighted by Crippen LogP contribution is -1.93. The summed E-state index contributed by atoms with van der Waals surface area (Å²) in [6, 6.07) is 8.22. The molecule has 3 heteroatoms. The molecule has 0 atom stereocenters. The summed E-state index contributed by atoms with van der Waals surface area (Å²) < 4.78 is 13.7. The van der Waals surface area contributed by atoms with Gasteiger partial charge >= 0.3 is 0 Å². The van der Waals surface area contributed by atoms with Crippen molar-refractivity contribution in [3.8, 4) is 0 Å². The van der Waals surface area contributed by atoms with E-state index in [1.807, 2.05) is 13.0 Å². The molecule has 86 valence electrons. The molecule has 0 aliphatic carbocycles. The highest BCUT2D eigenvalue weighted by atomic mass is 79.9. The second-order valence-electron chi connectivity index (χ2n) is 3.83. The molecule has 0 fully saturated rings. The third-order valence-corrected chi connectivity index (χ3v) is 3.06. The van der Waals surface area contributed by atoms with Crippen molar-refractivity contribution in [2.75, 3.05) is 0 Å². The molecule has 0 aliphatic heterocycles. The second-order valence-corrected chi connectivity index (χ2v) is 4.68. The summed E-state index contributed by atoms with van der Waals surface area (Å²) in [7, 11) is 0. The maximum atomic E-state index is 12.8. The van der Waals surface area contributed by atoms with Crippen LogP contribution in [0.3, 0.4) is 0 Å². The minimum Gasteiger partial charge on any atom is -0.255 e. The number of pyridine rings is 1. The third-order valence-electron chi connectivity index (χ3n) is 2.46. The van der Waals surface area contributed by atoms with Crippen molar-refractivity contribution < 1.29 is 4.39 Å². The summed E-state index contributed by atoms with van der Waals surface area (Å²) in [5.41, 5.74) is 3.50. The van der Waals surface area contributed by atoms with Gasteiger partial charge in [-0.05, 0) is 52.2 Å². The zero-order valence-corrected chi connectivity index (χ0v) is 11.0. The minimum absolute atomic E-state index is 0.252. The fraction of sp³-hybridized carbons (Fsp3) is 0.0714. The van der Waals surface area contributed by atoms with Gasteiger partial charge in [0.1, 0.15) is 5.82 Å². The van der Waals surface area contributed by atoms with Crippen LogP contribution in [0.1, 0.15) is 16.8 Å². The van der Waals surface area contributed by atoms with Gasteiger partial charge in [0.15, 0.2) is 0 Å². The highest BCUT2D eigenvalue weighted by Crippen LogP contribution is 2.27. The third kappa shape index (κ3) is 2.61. The molecule has 0 spiro atoms. The zero-order valence-electron chi connectivity index (χ0n) is 9.37. The van der Waals surface area contributed by atoms with Crippen LogP contribution >= 0.6 is 15.9 Å². The van der Waals surface area contributed by atoms with Crippen molar-refractivity contribution in [3.63, 3.8) is 0 Å². The zero-order chi connectivity index (χ0) is 12.4. The lowest BCUT2D eigenvalue weighted by atomic mass is 10.0. The second kappa shape index (κ2) is 4.80. The van der Waals surface area contributed by atoms with Gasteiger partial charge in [-0.1, -0.05) is 18.7 Å². The quantitative estimate of drug-likeness (QED) is 0.801. The average Bonchev–Trinajstić information content (AvgIpc) is 2.29. The van der Waals surface area contributed by atoms with Crippen molar-refractivity contribution in [2.45, 2.75) is 6.92 Å². The molecule has 0 amide bonds. The van der Waals surface area contributed by atoms with Crippen molar-refractivity contribution in [1.82, 2.24) is 4.98 Å². The Kier molecular flexibility index (Phi) is 3.38. The van der Waals surface area contributed by atoms with Crippen molar-refractivity contribution in [3.05, 3.63) is 70.2 Å². The Morgan fingerprint density at radius 2 is 1.94 bits per heavy atom. The van der Waals surface area contributed by atoms with Crippen LogP contribution in [0.15, 0.2) is 47.6 Å². The predicted octanol–water partition coefficient (Wildman–Crippen LogP) is 4.35. The van der Waals surface area contributed by atoms with Crippen LogP contribution in [-0.2, 0) is 0 Å². The van der Waals surface area contributed by atoms with E-state index < -0.39 is 0 Å². The predicted molar refractivity (Wildman–Crippen MR) is 71.2 cm³/mol. The van der Waals surface area contributed by atoms with E-state index >= 15 is 0 Å². The molecule has 1 nitrogen and oxygen atoms in total. The van der Waals surface area contributed by atoms with Gasteiger partial charge < -0.3 is 0 Å². The molecule has 2 rings (SSSR count). The summed E-state index contributed by atoms with van der Waals surface area (Å²) in [6.45, 7) is 5.97. The highest BCUT2D eigenvalue weighted by Gasteiger charge is 2.08. The summed E-state index contributed by atoms with van der Waals surface area (Å²) in [4.78, 5) is 4.34. The normalized spacial score (nSPS) is 10.3. The van der Waals surface area contributed by atoms with Gasteiger partial charge in [-0.15, -0.1) is 0 Å². The van der Waals surface area contributed by atoms with Crippen LogP contribution < -0.4 is 0 Å². The first-order valence-electron chi connectivity index (χ1n) is 5.15. The van der Waals surface area contributed by atoms with E-state index in [4.69, 9.17) is 0 Å². The molecule has 1 aromatic heterocycles. The summed E-state index contributed by atoms with van der Waals surface area (Å²) in [5, 5.41) is 0. The molecular weight excluding hydrogens is 281 g/mol. The number of nitrogens with zero attached hydrogens (tertiary/aromatic N) is 1. The molecule has 2 aromatic rings. The number of hydrogen-bond acceptors (Lipinski definition) is 1. The Morgan fingerprint density at radius 3 is 2.53 bits per heavy atom. The van der Waals surface area contributed by atoms with Crippen LogP contribution in [0.4, 0.5) is 4.39 Å². The topological polar surface area (TPSA) is 12.9 Å². The molecular formula is C14H11BrFN. The summed E-state index contributed by atoms with van der Waals surface area (Å²) >= 11 is 3.46. The minimum atomic E-state index is -0.252. The Bertz CT molecular complexity index is 561. The molecule has 0 saturated carbocycles. The Labute approximate surface area is 108 Å². The maximum absolute atomic E-state index is 12.8. The highest BCUT2D eigenvalue weighted by molar-refractivity contribution is 9.10. The number of aromatic nitrogens is 1. The number of halogens is 2. The van der Waals surface area contributed by atoms with Crippen LogP contribution in [0, 0.1) is 12.7 Å². The molecule has 0 unspecified atom stereocenters. The Hall–Kier alpha value is -1.48. The number of aryl methyl sites for hydroxylation is 1. The van der Waals surface area contributed by atoms with Crippen LogP contribution in [0.25, 0.3) is 5.57 Å². The molecule has 17 heavy (non-hydrogen) atoms. The van der Waals surface area contributed by atoms with Crippen LogP contribution in [0.5, 0.6) is 0 Å². The van der Waals surface area contributed by atoms with Gasteiger partial charge in [0.2, 0.25) is 0 Å². The molecule has 0 N–H and O–H groups in total. The van der Waals surface area contributed by atoms with Crippen molar-refractivity contribution in [2.24, 2.45) is 0 Å². The first kappa shape index (κ1) is 12.0. The van der Waals surface area contributed by atoms with Crippen molar-refractivity contribution >= 4 is 21.5 Å². The van der Waals surface area contributed by atoms with E-state index in [1.54, 1.807) is 18.3 Å². The van der Waals surface area contributed by atoms with E-state index in [9.17, 15) is 4.39 Å². The summed E-state index contributed by atoms with van der Waals surface area (Å²) in [5.74, 6) is -0.252. The molecule has 0 bridgehead atoms. The standard InChI is InChI=1S/C14H11BrFN/c1-9-7-13(15)14(17-8-9)10(2)11-3-5-12(16)6-4-11/h3-8H,2H2,1H3. The number of rotatable bonds is 2. The smallest absolute Gasteiger partial charge is 0.123 e. The average molecular weight is 292 g/mol. The van der Waals surface area contributed by atoms with Crippen LogP contribution in [0.2, 0.25) is 0 Å². The van der Waals surface area contributed by atoms with Gasteiger partial charge in [-0.25, -0.2) is 4.39 Å². The van der Waals surface area contributed by atoms with Crippen molar-refractivity contribution in [1.29, 1.82) is 0 Å². The van der Waals surface area contributed by atoms with Gasteiger partial charge in [-0.3, -0.25) is 4.98 Å². The monoisotopic (exact) mass is 291 g/mol. The molecule has 0 aliphatic rings. The fourth-order valence-electron chi connectivity index (χ4n) is 1.54. The number of benzene rings is 1. The molecule has 1 aromatic carbocycles. The van der Waals surface area contributed by atoms with E-state index in [0.29, 0.717) is 0 Å². The van der Waals surface area contributed by atoms with E-state index in [-0.39, 0.29) is 5.82 Å². The first-order valence-corrected chi connectivity index (χ1v) is 5.94. The van der Waals surface area contributed by atoms with Gasteiger partial charge in [0.05, 0.1) is 5.69 Å².